The molecule has 0 heterocycles. The van der Waals surface area contributed by atoms with Crippen molar-refractivity contribution in [2.75, 3.05) is 0 Å². The van der Waals surface area contributed by atoms with Crippen molar-refractivity contribution in [1.29, 1.82) is 0 Å². The predicted molar refractivity (Wildman–Crippen MR) is 232 cm³/mol. The number of para-hydroxylation sites is 2. The molecule has 0 amide bonds. The number of rotatable bonds is 26. The normalized spacial score (nSPS) is 11.3. The number of aryl methyl sites for hydroxylation is 2. The molecule has 0 saturated heterocycles. The summed E-state index contributed by atoms with van der Waals surface area (Å²) in [6.45, 7) is 4.42. The van der Waals surface area contributed by atoms with E-state index in [1.165, 1.54) is 89.2 Å². The summed E-state index contributed by atoms with van der Waals surface area (Å²) in [7, 11) is -9.41. The Morgan fingerprint density at radius 3 is 1.27 bits per heavy atom. The number of phenols is 1. The number of unbranched alkanes of at least 4 members (excludes halogenated alkanes) is 16. The molecule has 59 heavy (non-hydrogen) atoms. The van der Waals surface area contributed by atoms with Crippen molar-refractivity contribution in [3.63, 3.8) is 0 Å². The molecule has 0 fully saturated rings. The third-order valence-corrected chi connectivity index (χ3v) is 11.5. The Hall–Kier alpha value is -2.84. The standard InChI is InChI=1S/2C23H32O5S.Ca/c2*1-2-3-4-5-6-7-8-9-11-14-19-17-21(28-20-15-12-10-13-16-20)23(24)22(18-19)29(25,26)27;/h2*10,12-13,15-18,24H,2-9,11,14H2,1H3,(H,25,26,27);/q;;+2/p-2. The zero-order chi connectivity index (χ0) is 42.2. The van der Waals surface area contributed by atoms with Crippen LogP contribution >= 0.6 is 0 Å². The molecule has 0 spiro atoms. The van der Waals surface area contributed by atoms with Crippen LogP contribution in [0.1, 0.15) is 141 Å². The molecule has 0 radical (unpaired) electrons. The van der Waals surface area contributed by atoms with Crippen LogP contribution in [-0.2, 0) is 33.1 Å². The Kier molecular flexibility index (Phi) is 25.4. The first kappa shape index (κ1) is 52.3. The Bertz CT molecular complexity index is 1850. The number of hydrogen-bond donors (Lipinski definition) is 2. The summed E-state index contributed by atoms with van der Waals surface area (Å²) < 4.78 is 78.6. The second-order valence-electron chi connectivity index (χ2n) is 14.8. The minimum atomic E-state index is -4.86. The molecular weight excluding hydrogens is 817 g/mol. The van der Waals surface area contributed by atoms with Crippen LogP contribution in [0.15, 0.2) is 94.7 Å². The maximum Gasteiger partial charge on any atom is 2.00 e. The van der Waals surface area contributed by atoms with E-state index in [1.807, 2.05) is 6.07 Å². The van der Waals surface area contributed by atoms with Crippen molar-refractivity contribution in [1.82, 2.24) is 0 Å². The summed E-state index contributed by atoms with van der Waals surface area (Å²) in [6, 6.07) is 23.2. The predicted octanol–water partition coefficient (Wildman–Crippen LogP) is 11.7. The molecular formula is C46H62CaO10S2. The van der Waals surface area contributed by atoms with Crippen LogP contribution in [-0.4, -0.2) is 68.8 Å². The van der Waals surface area contributed by atoms with Crippen molar-refractivity contribution in [3.8, 4) is 34.5 Å². The fourth-order valence-electron chi connectivity index (χ4n) is 6.60. The first-order valence-electron chi connectivity index (χ1n) is 20.9. The van der Waals surface area contributed by atoms with Crippen molar-refractivity contribution in [2.24, 2.45) is 0 Å². The topological polar surface area (TPSA) is 173 Å². The van der Waals surface area contributed by atoms with Gasteiger partial charge in [-0.15, -0.1) is 0 Å². The third kappa shape index (κ3) is 20.5. The summed E-state index contributed by atoms with van der Waals surface area (Å²) >= 11 is 0. The van der Waals surface area contributed by atoms with Gasteiger partial charge < -0.3 is 24.2 Å². The largest absolute Gasteiger partial charge is 2.00 e. The molecule has 4 aromatic rings. The average molecular weight is 879 g/mol. The van der Waals surface area contributed by atoms with E-state index in [0.717, 1.165) is 38.5 Å². The van der Waals surface area contributed by atoms with Gasteiger partial charge in [-0.05, 0) is 91.1 Å². The van der Waals surface area contributed by atoms with Crippen LogP contribution in [0.5, 0.6) is 34.5 Å². The van der Waals surface area contributed by atoms with Gasteiger partial charge in [-0.3, -0.25) is 4.55 Å². The zero-order valence-electron chi connectivity index (χ0n) is 34.9. The van der Waals surface area contributed by atoms with Gasteiger partial charge in [-0.25, -0.2) is 8.42 Å². The summed E-state index contributed by atoms with van der Waals surface area (Å²) in [5, 5.41) is 22.7. The average Bonchev–Trinajstić information content (AvgIpc) is 3.19. The SMILES string of the molecule is CCCCCCCCCCCc1cc(Oc2ccccc2)c(O)c(S(=O)(=O)O)c1.CCCCCCCCCCCc1cc(Oc2ccccc2)c([O-])c(S(=O)(=O)[O-])c1.[Ca+2]. The minimum Gasteiger partial charge on any atom is -0.869 e. The zero-order valence-corrected chi connectivity index (χ0v) is 38.8. The smallest absolute Gasteiger partial charge is 0.869 e. The maximum absolute atomic E-state index is 12.4. The van der Waals surface area contributed by atoms with E-state index in [9.17, 15) is 36.2 Å². The first-order chi connectivity index (χ1) is 27.8. The Morgan fingerprint density at radius 1 is 0.525 bits per heavy atom. The molecule has 0 aliphatic carbocycles. The van der Waals surface area contributed by atoms with E-state index in [1.54, 1.807) is 66.7 Å². The van der Waals surface area contributed by atoms with Gasteiger partial charge in [0.25, 0.3) is 10.1 Å². The van der Waals surface area contributed by atoms with E-state index in [-0.39, 0.29) is 49.2 Å². The summed E-state index contributed by atoms with van der Waals surface area (Å²) in [6.07, 6.45) is 22.7. The molecule has 0 aliphatic heterocycles. The van der Waals surface area contributed by atoms with Gasteiger partial charge in [0.2, 0.25) is 0 Å². The molecule has 13 heteroatoms. The van der Waals surface area contributed by atoms with Crippen LogP contribution in [0, 0.1) is 0 Å². The summed E-state index contributed by atoms with van der Waals surface area (Å²) in [5.41, 5.74) is 1.34. The molecule has 0 unspecified atom stereocenters. The van der Waals surface area contributed by atoms with Gasteiger partial charge in [0.1, 0.15) is 32.3 Å². The molecule has 0 bridgehead atoms. The molecule has 0 aromatic heterocycles. The number of benzene rings is 4. The van der Waals surface area contributed by atoms with Crippen LogP contribution in [0.3, 0.4) is 0 Å². The van der Waals surface area contributed by atoms with Crippen LogP contribution in [0.4, 0.5) is 0 Å². The van der Waals surface area contributed by atoms with Crippen LogP contribution in [0.25, 0.3) is 0 Å². The van der Waals surface area contributed by atoms with Crippen LogP contribution < -0.4 is 14.6 Å². The summed E-state index contributed by atoms with van der Waals surface area (Å²) in [4.78, 5) is -1.26. The van der Waals surface area contributed by atoms with Crippen molar-refractivity contribution < 1.29 is 45.6 Å². The van der Waals surface area contributed by atoms with Gasteiger partial charge in [0.15, 0.2) is 11.5 Å². The number of ether oxygens (including phenoxy) is 2. The molecule has 0 atom stereocenters. The molecule has 320 valence electrons. The van der Waals surface area contributed by atoms with E-state index in [0.29, 0.717) is 35.5 Å². The van der Waals surface area contributed by atoms with Gasteiger partial charge in [-0.1, -0.05) is 153 Å². The Morgan fingerprint density at radius 2 is 0.881 bits per heavy atom. The Balaban J connectivity index is 0.000000400. The fourth-order valence-corrected chi connectivity index (χ4v) is 7.87. The molecule has 0 aliphatic rings. The van der Waals surface area contributed by atoms with Gasteiger partial charge >= 0.3 is 37.7 Å². The second kappa shape index (κ2) is 28.6. The first-order valence-corrected chi connectivity index (χ1v) is 23.8. The van der Waals surface area contributed by atoms with E-state index in [4.69, 9.17) is 9.47 Å². The fraction of sp³-hybridized carbons (Fsp3) is 0.478. The van der Waals surface area contributed by atoms with E-state index < -0.39 is 41.5 Å². The minimum absolute atomic E-state index is 0. The van der Waals surface area contributed by atoms with Crippen molar-refractivity contribution in [3.05, 3.63) is 96.1 Å². The van der Waals surface area contributed by atoms with Gasteiger partial charge in [0.05, 0.1) is 4.90 Å². The number of hydrogen-bond acceptors (Lipinski definition) is 9. The molecule has 4 aromatic carbocycles. The molecule has 10 nitrogen and oxygen atoms in total. The summed E-state index contributed by atoms with van der Waals surface area (Å²) in [5.74, 6) is -0.674. The van der Waals surface area contributed by atoms with Gasteiger partial charge in [0, 0.05) is 0 Å². The van der Waals surface area contributed by atoms with E-state index in [2.05, 4.69) is 13.8 Å². The van der Waals surface area contributed by atoms with E-state index >= 15 is 0 Å². The van der Waals surface area contributed by atoms with Crippen LogP contribution in [0.2, 0.25) is 0 Å². The quantitative estimate of drug-likeness (QED) is 0.0351. The Labute approximate surface area is 383 Å². The van der Waals surface area contributed by atoms with Crippen molar-refractivity contribution >= 4 is 58.0 Å². The maximum atomic E-state index is 12.4. The molecule has 0 saturated carbocycles. The molecule has 2 N–H and O–H groups in total. The van der Waals surface area contributed by atoms with Crippen molar-refractivity contribution in [2.45, 2.75) is 152 Å². The third-order valence-electron chi connectivity index (χ3n) is 9.81. The monoisotopic (exact) mass is 878 g/mol. The van der Waals surface area contributed by atoms with Gasteiger partial charge in [-0.2, -0.15) is 8.42 Å². The number of aromatic hydroxyl groups is 1. The molecule has 4 rings (SSSR count). The number of phenolic OH excluding ortho intramolecular Hbond substituents is 1. The second-order valence-corrected chi connectivity index (χ2v) is 17.5.